The molecule has 0 radical (unpaired) electrons. The number of methoxy groups -OCH3 is 1. The number of aryl methyl sites for hydroxylation is 1. The zero-order valence-corrected chi connectivity index (χ0v) is 19.2. The lowest BCUT2D eigenvalue weighted by Crippen LogP contribution is -2.28. The van der Waals surface area contributed by atoms with Crippen LogP contribution in [-0.4, -0.2) is 46.7 Å². The number of amidine groups is 1. The second kappa shape index (κ2) is 9.10. The second-order valence-electron chi connectivity index (χ2n) is 6.73. The van der Waals surface area contributed by atoms with Crippen LogP contribution in [0.25, 0.3) is 11.8 Å². The van der Waals surface area contributed by atoms with Crippen LogP contribution in [-0.2, 0) is 9.53 Å². The Morgan fingerprint density at radius 3 is 2.60 bits per heavy atom. The first-order chi connectivity index (χ1) is 14.3. The van der Waals surface area contributed by atoms with Gasteiger partial charge in [0.15, 0.2) is 5.17 Å². The lowest BCUT2D eigenvalue weighted by Gasteiger charge is -2.12. The summed E-state index contributed by atoms with van der Waals surface area (Å²) < 4.78 is 6.80. The van der Waals surface area contributed by atoms with Gasteiger partial charge in [0.05, 0.1) is 22.6 Å². The molecule has 0 unspecified atom stereocenters. The van der Waals surface area contributed by atoms with E-state index in [9.17, 15) is 9.59 Å². The van der Waals surface area contributed by atoms with Crippen molar-refractivity contribution in [2.45, 2.75) is 27.7 Å². The van der Waals surface area contributed by atoms with Crippen molar-refractivity contribution in [3.8, 4) is 5.69 Å². The Labute approximate surface area is 185 Å². The molecule has 158 valence electrons. The average Bonchev–Trinajstić information content (AvgIpc) is 3.16. The molecule has 0 N–H and O–H groups in total. The van der Waals surface area contributed by atoms with Crippen LogP contribution in [0.4, 0.5) is 0 Å². The lowest BCUT2D eigenvalue weighted by atomic mass is 10.2. The number of thioether (sulfide) groups is 1. The van der Waals surface area contributed by atoms with Gasteiger partial charge in [-0.2, -0.15) is 0 Å². The minimum atomic E-state index is -0.472. The molecule has 30 heavy (non-hydrogen) atoms. The van der Waals surface area contributed by atoms with E-state index in [1.54, 1.807) is 17.0 Å². The molecule has 8 heteroatoms. The van der Waals surface area contributed by atoms with E-state index in [0.717, 1.165) is 27.8 Å². The van der Waals surface area contributed by atoms with Crippen LogP contribution in [0.3, 0.4) is 0 Å². The highest BCUT2D eigenvalue weighted by molar-refractivity contribution is 8.18. The molecule has 3 rings (SSSR count). The Morgan fingerprint density at radius 1 is 1.27 bits per heavy atom. The molecule has 1 aromatic carbocycles. The minimum Gasteiger partial charge on any atom is -0.465 e. The van der Waals surface area contributed by atoms with E-state index in [0.29, 0.717) is 28.6 Å². The van der Waals surface area contributed by atoms with E-state index in [1.807, 2.05) is 50.5 Å². The Hall–Kier alpha value is -2.51. The van der Waals surface area contributed by atoms with Crippen molar-refractivity contribution in [1.29, 1.82) is 0 Å². The summed E-state index contributed by atoms with van der Waals surface area (Å²) in [4.78, 5) is 31.4. The van der Waals surface area contributed by atoms with E-state index >= 15 is 0 Å². The predicted molar refractivity (Wildman–Crippen MR) is 123 cm³/mol. The third kappa shape index (κ3) is 4.04. The maximum Gasteiger partial charge on any atom is 0.339 e. The van der Waals surface area contributed by atoms with Crippen LogP contribution in [0.5, 0.6) is 0 Å². The maximum absolute atomic E-state index is 12.8. The summed E-state index contributed by atoms with van der Waals surface area (Å²) in [5.74, 6) is -0.496. The number of benzene rings is 1. The number of likely N-dealkylation sites (N-methyl/N-ethyl adjacent to an activating group) is 1. The molecule has 6 nitrogen and oxygen atoms in total. The quantitative estimate of drug-likeness (QED) is 0.487. The van der Waals surface area contributed by atoms with Crippen LogP contribution in [0, 0.1) is 13.8 Å². The normalized spacial score (nSPS) is 16.7. The van der Waals surface area contributed by atoms with Gasteiger partial charge in [0, 0.05) is 30.2 Å². The van der Waals surface area contributed by atoms with Gasteiger partial charge in [0.2, 0.25) is 0 Å². The molecule has 2 heterocycles. The summed E-state index contributed by atoms with van der Waals surface area (Å²) in [6.45, 7) is 9.10. The van der Waals surface area contributed by atoms with Crippen molar-refractivity contribution in [2.24, 2.45) is 4.99 Å². The standard InChI is InChI=1S/C22H24ClN3O3S/c1-6-24-22-25(7-2)20(27)19(30-22)11-15-10-13(3)26(14(15)4)16-8-9-17(18(23)12-16)21(28)29-5/h8-12H,6-7H2,1-5H3/b19-11-,24-22?. The number of hydrogen-bond acceptors (Lipinski definition) is 5. The van der Waals surface area contributed by atoms with Gasteiger partial charge >= 0.3 is 5.97 Å². The largest absolute Gasteiger partial charge is 0.465 e. The van der Waals surface area contributed by atoms with Crippen LogP contribution in [0.15, 0.2) is 34.2 Å². The van der Waals surface area contributed by atoms with E-state index in [1.165, 1.54) is 18.9 Å². The Kier molecular flexibility index (Phi) is 6.73. The molecule has 0 aliphatic carbocycles. The van der Waals surface area contributed by atoms with Gasteiger partial charge in [-0.1, -0.05) is 11.6 Å². The minimum absolute atomic E-state index is 0.0232. The fourth-order valence-electron chi connectivity index (χ4n) is 3.43. The van der Waals surface area contributed by atoms with Gasteiger partial charge in [-0.15, -0.1) is 0 Å². The van der Waals surface area contributed by atoms with Crippen molar-refractivity contribution >= 4 is 46.5 Å². The van der Waals surface area contributed by atoms with Crippen LogP contribution < -0.4 is 0 Å². The van der Waals surface area contributed by atoms with E-state index < -0.39 is 5.97 Å². The number of carbonyl (C=O) groups excluding carboxylic acids is 2. The second-order valence-corrected chi connectivity index (χ2v) is 8.15. The van der Waals surface area contributed by atoms with E-state index in [2.05, 4.69) is 4.99 Å². The number of carbonyl (C=O) groups is 2. The first-order valence-corrected chi connectivity index (χ1v) is 10.8. The number of amides is 1. The third-order valence-electron chi connectivity index (χ3n) is 4.87. The highest BCUT2D eigenvalue weighted by Crippen LogP contribution is 2.34. The van der Waals surface area contributed by atoms with Gasteiger partial charge in [-0.05, 0) is 75.4 Å². The molecule has 1 aliphatic heterocycles. The molecule has 0 spiro atoms. The van der Waals surface area contributed by atoms with Crippen LogP contribution >= 0.6 is 23.4 Å². The molecule has 2 aromatic rings. The molecule has 0 bridgehead atoms. The number of nitrogens with zero attached hydrogens (tertiary/aromatic N) is 3. The monoisotopic (exact) mass is 445 g/mol. The molecule has 1 aliphatic rings. The Morgan fingerprint density at radius 2 is 2.00 bits per heavy atom. The zero-order valence-electron chi connectivity index (χ0n) is 17.7. The number of rotatable bonds is 5. The van der Waals surface area contributed by atoms with Crippen molar-refractivity contribution in [3.05, 3.63) is 56.7 Å². The number of halogens is 1. The summed E-state index contributed by atoms with van der Waals surface area (Å²) in [6.07, 6.45) is 1.91. The fraction of sp³-hybridized carbons (Fsp3) is 0.318. The highest BCUT2D eigenvalue weighted by atomic mass is 35.5. The molecule has 1 amide bonds. The predicted octanol–water partition coefficient (Wildman–Crippen LogP) is 4.85. The van der Waals surface area contributed by atoms with E-state index in [4.69, 9.17) is 16.3 Å². The smallest absolute Gasteiger partial charge is 0.339 e. The first kappa shape index (κ1) is 22.2. The first-order valence-electron chi connectivity index (χ1n) is 9.65. The summed E-state index contributed by atoms with van der Waals surface area (Å²) in [5.41, 5.74) is 4.07. The molecular formula is C22H24ClN3O3S. The van der Waals surface area contributed by atoms with Crippen molar-refractivity contribution < 1.29 is 14.3 Å². The summed E-state index contributed by atoms with van der Waals surface area (Å²) in [7, 11) is 1.32. The Balaban J connectivity index is 2.00. The Bertz CT molecular complexity index is 1070. The van der Waals surface area contributed by atoms with Gasteiger partial charge in [-0.25, -0.2) is 4.79 Å². The van der Waals surface area contributed by atoms with Crippen molar-refractivity contribution in [2.75, 3.05) is 20.2 Å². The molecule has 1 fully saturated rings. The number of hydrogen-bond donors (Lipinski definition) is 0. The maximum atomic E-state index is 12.8. The van der Waals surface area contributed by atoms with Crippen molar-refractivity contribution in [1.82, 2.24) is 9.47 Å². The number of esters is 1. The molecule has 1 aromatic heterocycles. The third-order valence-corrected chi connectivity index (χ3v) is 6.23. The molecule has 0 atom stereocenters. The zero-order chi connectivity index (χ0) is 22.0. The topological polar surface area (TPSA) is 63.9 Å². The van der Waals surface area contributed by atoms with E-state index in [-0.39, 0.29) is 5.91 Å². The van der Waals surface area contributed by atoms with Gasteiger partial charge in [0.25, 0.3) is 5.91 Å². The summed E-state index contributed by atoms with van der Waals surface area (Å²) in [6, 6.07) is 7.26. The summed E-state index contributed by atoms with van der Waals surface area (Å²) in [5, 5.41) is 1.07. The van der Waals surface area contributed by atoms with Crippen molar-refractivity contribution in [3.63, 3.8) is 0 Å². The van der Waals surface area contributed by atoms with Crippen LogP contribution in [0.1, 0.15) is 41.2 Å². The average molecular weight is 446 g/mol. The molecular weight excluding hydrogens is 422 g/mol. The number of aromatic nitrogens is 1. The summed E-state index contributed by atoms with van der Waals surface area (Å²) >= 11 is 7.71. The van der Waals surface area contributed by atoms with Gasteiger partial charge in [-0.3, -0.25) is 14.7 Å². The molecule has 1 saturated heterocycles. The van der Waals surface area contributed by atoms with Gasteiger partial charge < -0.3 is 9.30 Å². The molecule has 0 saturated carbocycles. The van der Waals surface area contributed by atoms with Crippen LogP contribution in [0.2, 0.25) is 5.02 Å². The number of aliphatic imine (C=N–C) groups is 1. The SMILES string of the molecule is CCN=C1S/C(=C\c2cc(C)n(-c3ccc(C(=O)OC)c(Cl)c3)c2C)C(=O)N1CC. The van der Waals surface area contributed by atoms with Gasteiger partial charge in [0.1, 0.15) is 0 Å². The fourth-order valence-corrected chi connectivity index (χ4v) is 4.78. The lowest BCUT2D eigenvalue weighted by molar-refractivity contribution is -0.122. The highest BCUT2D eigenvalue weighted by Gasteiger charge is 2.32. The number of ether oxygens (including phenoxy) is 1.